The van der Waals surface area contributed by atoms with E-state index in [1.54, 1.807) is 35.5 Å². The monoisotopic (exact) mass is 670 g/mol. The van der Waals surface area contributed by atoms with E-state index in [1.807, 2.05) is 20.8 Å². The van der Waals surface area contributed by atoms with Gasteiger partial charge in [-0.1, -0.05) is 12.1 Å². The van der Waals surface area contributed by atoms with Crippen molar-refractivity contribution in [1.29, 1.82) is 0 Å². The number of halogens is 3. The van der Waals surface area contributed by atoms with Crippen molar-refractivity contribution in [2.24, 2.45) is 0 Å². The first-order valence-electron chi connectivity index (χ1n) is 14.7. The minimum atomic E-state index is -1.16. The lowest BCUT2D eigenvalue weighted by Gasteiger charge is -2.36. The van der Waals surface area contributed by atoms with E-state index in [4.69, 9.17) is 9.47 Å². The van der Waals surface area contributed by atoms with Gasteiger partial charge in [0.1, 0.15) is 16.9 Å². The Morgan fingerprint density at radius 2 is 1.06 bits per heavy atom. The molecule has 2 fully saturated rings. The number of nitro benzene ring substituents is 2. The fourth-order valence-electron chi connectivity index (χ4n) is 4.23. The number of hydrogen-bond donors (Lipinski definition) is 1. The van der Waals surface area contributed by atoms with Gasteiger partial charge in [0.2, 0.25) is 17.5 Å². The SMILES string of the molecule is CC(C)(C)OC(=O)N1CCN(c2cccc(F)c2[N+](=O)[O-])CC1.CC(C)(C)OC(=O)N1CCNCC1.O=[N+]([O-])c1c(F)cccc1F. The fourth-order valence-corrected chi connectivity index (χ4v) is 4.23. The van der Waals surface area contributed by atoms with Crippen LogP contribution in [0, 0.1) is 37.7 Å². The lowest BCUT2D eigenvalue weighted by molar-refractivity contribution is -0.390. The number of carbonyl (C=O) groups is 2. The molecule has 2 aromatic carbocycles. The second kappa shape index (κ2) is 16.8. The van der Waals surface area contributed by atoms with E-state index < -0.39 is 50.4 Å². The van der Waals surface area contributed by atoms with Crippen molar-refractivity contribution >= 4 is 29.2 Å². The maximum Gasteiger partial charge on any atom is 0.410 e. The molecule has 2 heterocycles. The molecule has 0 spiro atoms. The van der Waals surface area contributed by atoms with Crippen molar-refractivity contribution in [2.45, 2.75) is 52.7 Å². The van der Waals surface area contributed by atoms with E-state index in [0.29, 0.717) is 26.2 Å². The smallest absolute Gasteiger partial charge is 0.410 e. The van der Waals surface area contributed by atoms with Crippen molar-refractivity contribution in [2.75, 3.05) is 57.3 Å². The van der Waals surface area contributed by atoms with Crippen LogP contribution in [0.3, 0.4) is 0 Å². The van der Waals surface area contributed by atoms with Crippen molar-refractivity contribution in [3.05, 3.63) is 74.1 Å². The number of para-hydroxylation sites is 2. The van der Waals surface area contributed by atoms with Crippen LogP contribution in [0.15, 0.2) is 36.4 Å². The molecule has 2 amide bonds. The van der Waals surface area contributed by atoms with E-state index >= 15 is 0 Å². The largest absolute Gasteiger partial charge is 0.444 e. The van der Waals surface area contributed by atoms with Gasteiger partial charge in [0.05, 0.1) is 9.85 Å². The van der Waals surface area contributed by atoms with Crippen molar-refractivity contribution in [1.82, 2.24) is 15.1 Å². The summed E-state index contributed by atoms with van der Waals surface area (Å²) >= 11 is 0. The first-order valence-corrected chi connectivity index (χ1v) is 14.7. The van der Waals surface area contributed by atoms with Crippen LogP contribution in [-0.2, 0) is 9.47 Å². The van der Waals surface area contributed by atoms with Crippen molar-refractivity contribution < 1.29 is 42.1 Å². The Morgan fingerprint density at radius 1 is 0.681 bits per heavy atom. The predicted octanol–water partition coefficient (Wildman–Crippen LogP) is 5.49. The van der Waals surface area contributed by atoms with Gasteiger partial charge >= 0.3 is 23.6 Å². The van der Waals surface area contributed by atoms with E-state index in [-0.39, 0.29) is 17.4 Å². The molecule has 2 aliphatic rings. The molecule has 0 unspecified atom stereocenters. The number of nitrogens with zero attached hydrogens (tertiary/aromatic N) is 5. The number of rotatable bonds is 3. The summed E-state index contributed by atoms with van der Waals surface area (Å²) in [5.41, 5.74) is -2.36. The van der Waals surface area contributed by atoms with Gasteiger partial charge in [0.15, 0.2) is 0 Å². The standard InChI is InChI=1S/C15H20FN3O4.C9H18N2O2.C6H3F2NO2/c1-15(2,3)23-14(20)18-9-7-17(8-10-18)12-6-4-5-11(16)13(12)19(21)22;1-9(2,3)13-8(12)11-6-4-10-5-7-11;7-4-2-1-3-5(8)6(4)9(10)11/h4-6H,7-10H2,1-3H3;10H,4-7H2,1-3H3;1-3H. The highest BCUT2D eigenvalue weighted by Crippen LogP contribution is 2.31. The van der Waals surface area contributed by atoms with Gasteiger partial charge in [0.25, 0.3) is 0 Å². The van der Waals surface area contributed by atoms with E-state index in [2.05, 4.69) is 5.32 Å². The minimum Gasteiger partial charge on any atom is -0.444 e. The summed E-state index contributed by atoms with van der Waals surface area (Å²) in [5.74, 6) is -3.17. The Hall–Kier alpha value is -4.67. The Kier molecular flexibility index (Phi) is 13.7. The highest BCUT2D eigenvalue weighted by Gasteiger charge is 2.30. The van der Waals surface area contributed by atoms with E-state index in [9.17, 15) is 43.0 Å². The number of piperazine rings is 2. The maximum absolute atomic E-state index is 13.7. The summed E-state index contributed by atoms with van der Waals surface area (Å²) in [6.07, 6.45) is -0.611. The normalized spacial score (nSPS) is 15.0. The number of carbonyl (C=O) groups excluding carboxylic acids is 2. The Labute approximate surface area is 270 Å². The van der Waals surface area contributed by atoms with Crippen LogP contribution < -0.4 is 10.2 Å². The first kappa shape index (κ1) is 38.5. The zero-order valence-electron chi connectivity index (χ0n) is 27.3. The van der Waals surface area contributed by atoms with Crippen LogP contribution in [0.2, 0.25) is 0 Å². The van der Waals surface area contributed by atoms with Crippen molar-refractivity contribution in [3.8, 4) is 0 Å². The average Bonchev–Trinajstić information content (AvgIpc) is 2.96. The molecule has 0 saturated carbocycles. The summed E-state index contributed by atoms with van der Waals surface area (Å²) in [6.45, 7) is 15.7. The Balaban J connectivity index is 0.000000270. The van der Waals surface area contributed by atoms with E-state index in [1.165, 1.54) is 12.1 Å². The number of ether oxygens (including phenoxy) is 2. The molecule has 2 aliphatic heterocycles. The maximum atomic E-state index is 13.7. The zero-order valence-corrected chi connectivity index (χ0v) is 27.3. The van der Waals surface area contributed by atoms with Gasteiger partial charge in [-0.2, -0.15) is 13.2 Å². The molecular weight excluding hydrogens is 629 g/mol. The molecule has 2 saturated heterocycles. The van der Waals surface area contributed by atoms with Gasteiger partial charge < -0.3 is 29.5 Å². The number of anilines is 1. The Bertz CT molecular complexity index is 1380. The predicted molar refractivity (Wildman–Crippen MR) is 167 cm³/mol. The van der Waals surface area contributed by atoms with Gasteiger partial charge in [-0.25, -0.2) is 9.59 Å². The molecule has 260 valence electrons. The quantitative estimate of drug-likeness (QED) is 0.327. The number of nitrogens with one attached hydrogen (secondary N) is 1. The van der Waals surface area contributed by atoms with Gasteiger partial charge in [-0.15, -0.1) is 0 Å². The highest BCUT2D eigenvalue weighted by atomic mass is 19.1. The summed E-state index contributed by atoms with van der Waals surface area (Å²) in [5, 5.41) is 24.2. The van der Waals surface area contributed by atoms with Crippen LogP contribution in [0.5, 0.6) is 0 Å². The average molecular weight is 671 g/mol. The molecule has 0 aliphatic carbocycles. The third kappa shape index (κ3) is 12.6. The van der Waals surface area contributed by atoms with Crippen molar-refractivity contribution in [3.63, 3.8) is 0 Å². The van der Waals surface area contributed by atoms with Crippen LogP contribution in [0.4, 0.5) is 39.8 Å². The molecule has 0 aromatic heterocycles. The Morgan fingerprint density at radius 3 is 1.45 bits per heavy atom. The minimum absolute atomic E-state index is 0.200. The third-order valence-electron chi connectivity index (χ3n) is 6.31. The number of nitro groups is 2. The second-order valence-electron chi connectivity index (χ2n) is 12.4. The molecule has 17 heteroatoms. The van der Waals surface area contributed by atoms with Gasteiger partial charge in [-0.3, -0.25) is 20.2 Å². The fraction of sp³-hybridized carbons (Fsp3) is 0.533. The summed E-state index contributed by atoms with van der Waals surface area (Å²) in [7, 11) is 0. The summed E-state index contributed by atoms with van der Waals surface area (Å²) < 4.78 is 49.1. The van der Waals surface area contributed by atoms with Gasteiger partial charge in [-0.05, 0) is 65.8 Å². The molecular formula is C30H41F3N6O8. The zero-order chi connectivity index (χ0) is 35.5. The molecule has 47 heavy (non-hydrogen) atoms. The third-order valence-corrected chi connectivity index (χ3v) is 6.31. The molecule has 14 nitrogen and oxygen atoms in total. The molecule has 2 aromatic rings. The summed E-state index contributed by atoms with van der Waals surface area (Å²) in [4.78, 5) is 47.7. The highest BCUT2D eigenvalue weighted by molar-refractivity contribution is 5.70. The second-order valence-corrected chi connectivity index (χ2v) is 12.4. The molecule has 1 N–H and O–H groups in total. The van der Waals surface area contributed by atoms with Gasteiger partial charge in [0, 0.05) is 52.4 Å². The lowest BCUT2D eigenvalue weighted by atomic mass is 10.2. The lowest BCUT2D eigenvalue weighted by Crippen LogP contribution is -2.50. The first-order chi connectivity index (χ1) is 21.8. The number of benzene rings is 2. The topological polar surface area (TPSA) is 161 Å². The van der Waals surface area contributed by atoms with Crippen LogP contribution in [-0.4, -0.2) is 95.4 Å². The summed E-state index contributed by atoms with van der Waals surface area (Å²) in [6, 6.07) is 6.76. The number of hydrogen-bond acceptors (Lipinski definition) is 10. The molecule has 0 atom stereocenters. The van der Waals surface area contributed by atoms with Crippen LogP contribution in [0.1, 0.15) is 41.5 Å². The number of amides is 2. The van der Waals surface area contributed by atoms with Crippen LogP contribution >= 0.6 is 0 Å². The molecule has 4 rings (SSSR count). The molecule has 0 radical (unpaired) electrons. The van der Waals surface area contributed by atoms with E-state index in [0.717, 1.165) is 50.4 Å². The molecule has 0 bridgehead atoms. The van der Waals surface area contributed by atoms with Crippen LogP contribution in [0.25, 0.3) is 0 Å².